The molecular formula is C10H21N. The van der Waals surface area contributed by atoms with E-state index in [0.717, 1.165) is 18.0 Å². The minimum Gasteiger partial charge on any atom is -0.311 e. The first-order chi connectivity index (χ1) is 5.24. The van der Waals surface area contributed by atoms with Crippen molar-refractivity contribution in [1.82, 2.24) is 5.32 Å². The van der Waals surface area contributed by atoms with Gasteiger partial charge in [-0.2, -0.15) is 0 Å². The minimum atomic E-state index is 0.798. The van der Waals surface area contributed by atoms with Crippen molar-refractivity contribution in [2.75, 3.05) is 0 Å². The maximum atomic E-state index is 3.69. The highest BCUT2D eigenvalue weighted by Gasteiger charge is 2.24. The first kappa shape index (κ1) is 9.05. The molecule has 0 saturated carbocycles. The predicted octanol–water partition coefficient (Wildman–Crippen LogP) is 2.56. The number of hydrogen-bond donors (Lipinski definition) is 1. The third-order valence-electron chi connectivity index (χ3n) is 2.72. The van der Waals surface area contributed by atoms with Crippen molar-refractivity contribution >= 4 is 0 Å². The Morgan fingerprint density at radius 1 is 1.36 bits per heavy atom. The molecule has 1 rings (SSSR count). The summed E-state index contributed by atoms with van der Waals surface area (Å²) in [5.41, 5.74) is 0. The van der Waals surface area contributed by atoms with Crippen molar-refractivity contribution in [2.45, 2.75) is 58.5 Å². The minimum absolute atomic E-state index is 0.798. The third kappa shape index (κ3) is 2.48. The molecule has 66 valence electrons. The zero-order chi connectivity index (χ0) is 8.27. The van der Waals surface area contributed by atoms with E-state index in [-0.39, 0.29) is 0 Å². The molecule has 1 heteroatoms. The summed E-state index contributed by atoms with van der Waals surface area (Å²) in [7, 11) is 0. The maximum absolute atomic E-state index is 3.69. The Bertz CT molecular complexity index is 109. The Labute approximate surface area is 70.6 Å². The second-order valence-corrected chi connectivity index (χ2v) is 4.08. The maximum Gasteiger partial charge on any atom is 0.00932 e. The van der Waals surface area contributed by atoms with Gasteiger partial charge in [0.15, 0.2) is 0 Å². The van der Waals surface area contributed by atoms with Crippen LogP contribution in [0.15, 0.2) is 0 Å². The second-order valence-electron chi connectivity index (χ2n) is 4.08. The van der Waals surface area contributed by atoms with Gasteiger partial charge in [0, 0.05) is 12.1 Å². The fourth-order valence-electron chi connectivity index (χ4n) is 1.95. The molecule has 11 heavy (non-hydrogen) atoms. The quantitative estimate of drug-likeness (QED) is 0.660. The lowest BCUT2D eigenvalue weighted by atomic mass is 10.0. The lowest BCUT2D eigenvalue weighted by molar-refractivity contribution is 0.420. The summed E-state index contributed by atoms with van der Waals surface area (Å²) < 4.78 is 0. The van der Waals surface area contributed by atoms with Gasteiger partial charge in [0.25, 0.3) is 0 Å². The van der Waals surface area contributed by atoms with Crippen LogP contribution in [-0.4, -0.2) is 12.1 Å². The summed E-state index contributed by atoms with van der Waals surface area (Å²) >= 11 is 0. The van der Waals surface area contributed by atoms with Crippen LogP contribution in [0.1, 0.15) is 46.5 Å². The van der Waals surface area contributed by atoms with Crippen molar-refractivity contribution in [2.24, 2.45) is 5.92 Å². The lowest BCUT2D eigenvalue weighted by Crippen LogP contribution is -2.32. The molecule has 1 aliphatic heterocycles. The third-order valence-corrected chi connectivity index (χ3v) is 2.72. The van der Waals surface area contributed by atoms with Gasteiger partial charge in [0.2, 0.25) is 0 Å². The molecule has 0 aromatic carbocycles. The zero-order valence-corrected chi connectivity index (χ0v) is 8.06. The molecule has 0 aromatic rings. The van der Waals surface area contributed by atoms with Crippen molar-refractivity contribution in [3.8, 4) is 0 Å². The van der Waals surface area contributed by atoms with Gasteiger partial charge in [-0.15, -0.1) is 0 Å². The van der Waals surface area contributed by atoms with Crippen molar-refractivity contribution in [1.29, 1.82) is 0 Å². The first-order valence-corrected chi connectivity index (χ1v) is 5.00. The fourth-order valence-corrected chi connectivity index (χ4v) is 1.95. The van der Waals surface area contributed by atoms with Gasteiger partial charge in [-0.3, -0.25) is 0 Å². The molecule has 1 aliphatic rings. The van der Waals surface area contributed by atoms with Gasteiger partial charge in [0.05, 0.1) is 0 Å². The van der Waals surface area contributed by atoms with E-state index in [1.165, 1.54) is 25.7 Å². The van der Waals surface area contributed by atoms with Crippen LogP contribution >= 0.6 is 0 Å². The smallest absolute Gasteiger partial charge is 0.00932 e. The predicted molar refractivity (Wildman–Crippen MR) is 49.7 cm³/mol. The topological polar surface area (TPSA) is 12.0 Å². The molecule has 0 spiro atoms. The molecule has 1 N–H and O–H groups in total. The molecule has 0 aliphatic carbocycles. The largest absolute Gasteiger partial charge is 0.311 e. The molecular weight excluding hydrogens is 134 g/mol. The SMILES string of the molecule is CCCC1CCC(C(C)C)N1. The molecule has 0 radical (unpaired) electrons. The van der Waals surface area contributed by atoms with E-state index in [1.807, 2.05) is 0 Å². The van der Waals surface area contributed by atoms with Gasteiger partial charge in [-0.25, -0.2) is 0 Å². The highest BCUT2D eigenvalue weighted by Crippen LogP contribution is 2.20. The summed E-state index contributed by atoms with van der Waals surface area (Å²) in [6.45, 7) is 6.89. The normalized spacial score (nSPS) is 31.6. The van der Waals surface area contributed by atoms with E-state index in [9.17, 15) is 0 Å². The van der Waals surface area contributed by atoms with Crippen molar-refractivity contribution in [3.05, 3.63) is 0 Å². The molecule has 2 atom stereocenters. The summed E-state index contributed by atoms with van der Waals surface area (Å²) in [6, 6.07) is 1.62. The van der Waals surface area contributed by atoms with Crippen LogP contribution in [0.25, 0.3) is 0 Å². The Morgan fingerprint density at radius 2 is 2.09 bits per heavy atom. The van der Waals surface area contributed by atoms with Crippen LogP contribution in [0, 0.1) is 5.92 Å². The van der Waals surface area contributed by atoms with E-state index in [2.05, 4.69) is 26.1 Å². The van der Waals surface area contributed by atoms with E-state index in [1.54, 1.807) is 0 Å². The first-order valence-electron chi connectivity index (χ1n) is 5.00. The molecule has 0 aromatic heterocycles. The lowest BCUT2D eigenvalue weighted by Gasteiger charge is -2.16. The van der Waals surface area contributed by atoms with Crippen molar-refractivity contribution < 1.29 is 0 Å². The molecule has 1 fully saturated rings. The Kier molecular flexibility index (Phi) is 3.38. The summed E-state index contributed by atoms with van der Waals surface area (Å²) in [6.07, 6.45) is 5.48. The number of nitrogens with one attached hydrogen (secondary N) is 1. The number of rotatable bonds is 3. The second kappa shape index (κ2) is 4.10. The average Bonchev–Trinajstić information content (AvgIpc) is 2.37. The summed E-state index contributed by atoms with van der Waals surface area (Å²) in [5.74, 6) is 0.817. The Hall–Kier alpha value is -0.0400. The van der Waals surface area contributed by atoms with Crippen LogP contribution in [-0.2, 0) is 0 Å². The molecule has 0 bridgehead atoms. The molecule has 1 saturated heterocycles. The fraction of sp³-hybridized carbons (Fsp3) is 1.00. The highest BCUT2D eigenvalue weighted by molar-refractivity contribution is 4.84. The van der Waals surface area contributed by atoms with Gasteiger partial charge in [0.1, 0.15) is 0 Å². The van der Waals surface area contributed by atoms with E-state index in [0.29, 0.717) is 0 Å². The highest BCUT2D eigenvalue weighted by atomic mass is 15.0. The summed E-state index contributed by atoms with van der Waals surface area (Å²) in [4.78, 5) is 0. The average molecular weight is 155 g/mol. The van der Waals surface area contributed by atoms with Crippen LogP contribution in [0.2, 0.25) is 0 Å². The van der Waals surface area contributed by atoms with E-state index in [4.69, 9.17) is 0 Å². The van der Waals surface area contributed by atoms with Crippen LogP contribution < -0.4 is 5.32 Å². The zero-order valence-electron chi connectivity index (χ0n) is 8.06. The van der Waals surface area contributed by atoms with E-state index < -0.39 is 0 Å². The molecule has 1 heterocycles. The Morgan fingerprint density at radius 3 is 2.55 bits per heavy atom. The van der Waals surface area contributed by atoms with Crippen LogP contribution in [0.3, 0.4) is 0 Å². The van der Waals surface area contributed by atoms with Crippen LogP contribution in [0.5, 0.6) is 0 Å². The monoisotopic (exact) mass is 155 g/mol. The number of hydrogen-bond acceptors (Lipinski definition) is 1. The standard InChI is InChI=1S/C10H21N/c1-4-5-9-6-7-10(11-9)8(2)3/h8-11H,4-7H2,1-3H3. The van der Waals surface area contributed by atoms with E-state index >= 15 is 0 Å². The molecule has 0 amide bonds. The summed E-state index contributed by atoms with van der Waals surface area (Å²) in [5, 5.41) is 3.69. The van der Waals surface area contributed by atoms with Gasteiger partial charge in [-0.1, -0.05) is 27.2 Å². The molecule has 1 nitrogen and oxygen atoms in total. The van der Waals surface area contributed by atoms with Gasteiger partial charge >= 0.3 is 0 Å². The van der Waals surface area contributed by atoms with Gasteiger partial charge < -0.3 is 5.32 Å². The Balaban J connectivity index is 2.23. The molecule has 2 unspecified atom stereocenters. The van der Waals surface area contributed by atoms with Gasteiger partial charge in [-0.05, 0) is 25.2 Å². The van der Waals surface area contributed by atoms with Crippen LogP contribution in [0.4, 0.5) is 0 Å². The van der Waals surface area contributed by atoms with Crippen molar-refractivity contribution in [3.63, 3.8) is 0 Å².